The third kappa shape index (κ3) is 2.02. The Kier molecular flexibility index (Phi) is 2.35. The maximum atomic E-state index is 10.9. The number of allylic oxidation sites excluding steroid dienone is 2. The molecule has 4 heteroatoms. The van der Waals surface area contributed by atoms with Gasteiger partial charge >= 0.3 is 0 Å². The lowest BCUT2D eigenvalue weighted by Gasteiger charge is -2.02. The second kappa shape index (κ2) is 3.65. The third-order valence-corrected chi connectivity index (χ3v) is 2.11. The van der Waals surface area contributed by atoms with Crippen LogP contribution in [-0.4, -0.2) is 10.8 Å². The van der Waals surface area contributed by atoms with Gasteiger partial charge in [0, 0.05) is 18.2 Å². The second-order valence-electron chi connectivity index (χ2n) is 3.35. The summed E-state index contributed by atoms with van der Waals surface area (Å²) < 4.78 is 5.28. The molecule has 0 bridgehead atoms. The molecular weight excluding hydrogens is 180 g/mol. The highest BCUT2D eigenvalue weighted by Gasteiger charge is 2.11. The average molecular weight is 192 g/mol. The molecule has 0 spiro atoms. The molecule has 0 fully saturated rings. The lowest BCUT2D eigenvalue weighted by Crippen LogP contribution is -2.11. The summed E-state index contributed by atoms with van der Waals surface area (Å²) in [5.74, 6) is 1.65. The fourth-order valence-electron chi connectivity index (χ4n) is 1.41. The monoisotopic (exact) mass is 192 g/mol. The molecule has 2 rings (SSSR count). The minimum absolute atomic E-state index is 0.191. The van der Waals surface area contributed by atoms with Gasteiger partial charge in [-0.05, 0) is 13.3 Å². The number of nitrogens with zero attached hydrogens (tertiary/aromatic N) is 1. The van der Waals surface area contributed by atoms with Crippen LogP contribution < -0.4 is 5.32 Å². The first-order chi connectivity index (χ1) is 6.74. The van der Waals surface area contributed by atoms with Crippen LogP contribution in [0.4, 0.5) is 0 Å². The van der Waals surface area contributed by atoms with Gasteiger partial charge in [0.2, 0.25) is 5.89 Å². The van der Waals surface area contributed by atoms with Gasteiger partial charge in [-0.25, -0.2) is 4.98 Å². The summed E-state index contributed by atoms with van der Waals surface area (Å²) in [5.41, 5.74) is 0.978. The maximum absolute atomic E-state index is 10.9. The number of hydrogen-bond donors (Lipinski definition) is 1. The van der Waals surface area contributed by atoms with Crippen LogP contribution in [0, 0.1) is 6.92 Å². The summed E-state index contributed by atoms with van der Waals surface area (Å²) in [6.07, 6.45) is 4.76. The van der Waals surface area contributed by atoms with E-state index < -0.39 is 0 Å². The van der Waals surface area contributed by atoms with E-state index in [9.17, 15) is 4.79 Å². The molecule has 0 atom stereocenters. The maximum Gasteiger partial charge on any atom is 0.213 e. The molecule has 0 saturated carbocycles. The van der Waals surface area contributed by atoms with Crippen molar-refractivity contribution in [3.8, 4) is 0 Å². The summed E-state index contributed by atoms with van der Waals surface area (Å²) in [7, 11) is 0. The van der Waals surface area contributed by atoms with E-state index in [1.807, 2.05) is 6.92 Å². The van der Waals surface area contributed by atoms with Crippen LogP contribution in [0.2, 0.25) is 0 Å². The Hall–Kier alpha value is -1.58. The van der Waals surface area contributed by atoms with Crippen molar-refractivity contribution in [2.75, 3.05) is 0 Å². The molecule has 0 amide bonds. The van der Waals surface area contributed by atoms with Gasteiger partial charge < -0.3 is 9.73 Å². The lowest BCUT2D eigenvalue weighted by molar-refractivity contribution is -0.114. The zero-order chi connectivity index (χ0) is 9.97. The van der Waals surface area contributed by atoms with E-state index in [2.05, 4.69) is 10.3 Å². The topological polar surface area (TPSA) is 55.1 Å². The second-order valence-corrected chi connectivity index (χ2v) is 3.35. The van der Waals surface area contributed by atoms with Crippen LogP contribution >= 0.6 is 0 Å². The molecule has 14 heavy (non-hydrogen) atoms. The zero-order valence-electron chi connectivity index (χ0n) is 8.04. The highest BCUT2D eigenvalue weighted by Crippen LogP contribution is 2.12. The molecule has 1 aromatic heterocycles. The fourth-order valence-corrected chi connectivity index (χ4v) is 1.41. The van der Waals surface area contributed by atoms with Crippen LogP contribution in [0.15, 0.2) is 22.4 Å². The molecule has 0 aromatic carbocycles. The Morgan fingerprint density at radius 3 is 3.00 bits per heavy atom. The van der Waals surface area contributed by atoms with Gasteiger partial charge in [0.1, 0.15) is 5.76 Å². The predicted molar refractivity (Wildman–Crippen MR) is 50.4 cm³/mol. The Morgan fingerprint density at radius 1 is 1.57 bits per heavy atom. The molecule has 0 saturated heterocycles. The number of oxazole rings is 1. The summed E-state index contributed by atoms with van der Waals surface area (Å²) in [6, 6.07) is 0. The molecule has 1 heterocycles. The molecular formula is C10H12N2O2. The first-order valence-corrected chi connectivity index (χ1v) is 4.62. The Morgan fingerprint density at radius 2 is 2.43 bits per heavy atom. The van der Waals surface area contributed by atoms with E-state index >= 15 is 0 Å². The van der Waals surface area contributed by atoms with Gasteiger partial charge in [-0.1, -0.05) is 0 Å². The number of carbonyl (C=O) groups excluding carboxylic acids is 1. The van der Waals surface area contributed by atoms with E-state index in [-0.39, 0.29) is 5.78 Å². The average Bonchev–Trinajstić information content (AvgIpc) is 2.72. The molecule has 0 aliphatic heterocycles. The highest BCUT2D eigenvalue weighted by molar-refractivity contribution is 5.92. The van der Waals surface area contributed by atoms with Crippen molar-refractivity contribution in [3.05, 3.63) is 29.6 Å². The number of hydrogen-bond acceptors (Lipinski definition) is 4. The van der Waals surface area contributed by atoms with Crippen molar-refractivity contribution in [2.24, 2.45) is 0 Å². The largest absolute Gasteiger partial charge is 0.444 e. The third-order valence-electron chi connectivity index (χ3n) is 2.11. The minimum Gasteiger partial charge on any atom is -0.444 e. The van der Waals surface area contributed by atoms with E-state index in [0.29, 0.717) is 18.9 Å². The van der Waals surface area contributed by atoms with Crippen molar-refractivity contribution in [3.63, 3.8) is 0 Å². The van der Waals surface area contributed by atoms with E-state index in [0.717, 1.165) is 17.9 Å². The molecule has 1 aliphatic rings. The Bertz CT molecular complexity index is 379. The summed E-state index contributed by atoms with van der Waals surface area (Å²) in [5, 5.41) is 3.13. The predicted octanol–water partition coefficient (Wildman–Crippen LogP) is 1.32. The van der Waals surface area contributed by atoms with Gasteiger partial charge in [0.05, 0.1) is 12.7 Å². The van der Waals surface area contributed by atoms with Crippen LogP contribution in [-0.2, 0) is 11.3 Å². The van der Waals surface area contributed by atoms with Gasteiger partial charge in [0.25, 0.3) is 0 Å². The highest BCUT2D eigenvalue weighted by atomic mass is 16.4. The van der Waals surface area contributed by atoms with E-state index in [1.54, 1.807) is 12.3 Å². The van der Waals surface area contributed by atoms with Gasteiger partial charge in [-0.15, -0.1) is 0 Å². The Balaban J connectivity index is 1.89. The smallest absolute Gasteiger partial charge is 0.213 e. The first kappa shape index (κ1) is 8.99. The Labute approximate surface area is 82.0 Å². The normalized spacial score (nSPS) is 15.8. The molecule has 1 aliphatic carbocycles. The van der Waals surface area contributed by atoms with Crippen LogP contribution in [0.25, 0.3) is 0 Å². The minimum atomic E-state index is 0.191. The summed E-state index contributed by atoms with van der Waals surface area (Å²) in [6.45, 7) is 2.40. The van der Waals surface area contributed by atoms with Crippen LogP contribution in [0.5, 0.6) is 0 Å². The number of aryl methyl sites for hydroxylation is 1. The summed E-state index contributed by atoms with van der Waals surface area (Å²) >= 11 is 0. The molecule has 74 valence electrons. The van der Waals surface area contributed by atoms with Crippen molar-refractivity contribution < 1.29 is 9.21 Å². The molecule has 0 unspecified atom stereocenters. The zero-order valence-corrected chi connectivity index (χ0v) is 8.04. The number of rotatable bonds is 3. The standard InChI is InChI=1S/C10H12N2O2/c1-7-5-12-10(14-7)6-11-8-2-3-9(13)4-8/h4-5,11H,2-3,6H2,1H3. The summed E-state index contributed by atoms with van der Waals surface area (Å²) in [4.78, 5) is 15.0. The fraction of sp³-hybridized carbons (Fsp3) is 0.400. The number of nitrogens with one attached hydrogen (secondary N) is 1. The quantitative estimate of drug-likeness (QED) is 0.784. The lowest BCUT2D eigenvalue weighted by atomic mass is 10.3. The SMILES string of the molecule is Cc1cnc(CNC2=CC(=O)CC2)o1. The molecule has 4 nitrogen and oxygen atoms in total. The van der Waals surface area contributed by atoms with Crippen molar-refractivity contribution in [1.29, 1.82) is 0 Å². The molecule has 0 radical (unpaired) electrons. The van der Waals surface area contributed by atoms with Crippen LogP contribution in [0.3, 0.4) is 0 Å². The molecule has 1 N–H and O–H groups in total. The number of aromatic nitrogens is 1. The van der Waals surface area contributed by atoms with Crippen LogP contribution in [0.1, 0.15) is 24.5 Å². The van der Waals surface area contributed by atoms with Crippen molar-refractivity contribution >= 4 is 5.78 Å². The van der Waals surface area contributed by atoms with Crippen molar-refractivity contribution in [2.45, 2.75) is 26.3 Å². The number of carbonyl (C=O) groups is 1. The molecule has 1 aromatic rings. The first-order valence-electron chi connectivity index (χ1n) is 4.62. The van der Waals surface area contributed by atoms with E-state index in [1.165, 1.54) is 0 Å². The number of ketones is 1. The van der Waals surface area contributed by atoms with E-state index in [4.69, 9.17) is 4.42 Å². The van der Waals surface area contributed by atoms with Crippen molar-refractivity contribution in [1.82, 2.24) is 10.3 Å². The van der Waals surface area contributed by atoms with Gasteiger partial charge in [-0.2, -0.15) is 0 Å². The van der Waals surface area contributed by atoms with Gasteiger partial charge in [0.15, 0.2) is 5.78 Å². The van der Waals surface area contributed by atoms with Gasteiger partial charge in [-0.3, -0.25) is 4.79 Å².